The van der Waals surface area contributed by atoms with E-state index in [0.717, 1.165) is 11.3 Å². The van der Waals surface area contributed by atoms with Crippen molar-refractivity contribution < 1.29 is 14.3 Å². The standard InChI is InChI=1S/C13H17NO3S/c1-3-17-12-5-4-10(9(2)15)6-11(12)7-18-8-13(14)16/h4-6H,3,7-8H2,1-2H3,(H2,14,16). The van der Waals surface area contributed by atoms with E-state index in [9.17, 15) is 9.59 Å². The van der Waals surface area contributed by atoms with Crippen LogP contribution in [0.5, 0.6) is 5.75 Å². The lowest BCUT2D eigenvalue weighted by atomic mass is 10.1. The number of ether oxygens (including phenoxy) is 1. The van der Waals surface area contributed by atoms with Crippen molar-refractivity contribution in [3.05, 3.63) is 29.3 Å². The van der Waals surface area contributed by atoms with Crippen molar-refractivity contribution in [2.75, 3.05) is 12.4 Å². The van der Waals surface area contributed by atoms with Gasteiger partial charge in [-0.2, -0.15) is 0 Å². The SMILES string of the molecule is CCOc1ccc(C(C)=O)cc1CSCC(N)=O. The van der Waals surface area contributed by atoms with Crippen molar-refractivity contribution in [3.63, 3.8) is 0 Å². The number of hydrogen-bond donors (Lipinski definition) is 1. The molecular weight excluding hydrogens is 250 g/mol. The summed E-state index contributed by atoms with van der Waals surface area (Å²) in [5, 5.41) is 0. The number of amides is 1. The molecule has 2 N–H and O–H groups in total. The van der Waals surface area contributed by atoms with E-state index in [1.807, 2.05) is 6.92 Å². The Morgan fingerprint density at radius 3 is 2.67 bits per heavy atom. The number of benzene rings is 1. The average molecular weight is 267 g/mol. The first-order valence-corrected chi connectivity index (χ1v) is 6.82. The third-order valence-corrected chi connectivity index (χ3v) is 3.27. The van der Waals surface area contributed by atoms with Crippen molar-refractivity contribution in [1.82, 2.24) is 0 Å². The van der Waals surface area contributed by atoms with Crippen LogP contribution in [0.25, 0.3) is 0 Å². The molecule has 1 aromatic carbocycles. The second-order valence-electron chi connectivity index (χ2n) is 3.77. The third-order valence-electron chi connectivity index (χ3n) is 2.27. The van der Waals surface area contributed by atoms with Gasteiger partial charge in [-0.15, -0.1) is 11.8 Å². The summed E-state index contributed by atoms with van der Waals surface area (Å²) in [4.78, 5) is 22.0. The molecule has 1 amide bonds. The van der Waals surface area contributed by atoms with Gasteiger partial charge in [0.25, 0.3) is 0 Å². The van der Waals surface area contributed by atoms with Crippen LogP contribution >= 0.6 is 11.8 Å². The summed E-state index contributed by atoms with van der Waals surface area (Å²) in [5.41, 5.74) is 6.65. The highest BCUT2D eigenvalue weighted by Crippen LogP contribution is 2.25. The number of primary amides is 1. The fourth-order valence-corrected chi connectivity index (χ4v) is 2.22. The molecule has 0 atom stereocenters. The van der Waals surface area contributed by atoms with Gasteiger partial charge in [-0.25, -0.2) is 0 Å². The Morgan fingerprint density at radius 2 is 2.11 bits per heavy atom. The highest BCUT2D eigenvalue weighted by molar-refractivity contribution is 7.99. The maximum Gasteiger partial charge on any atom is 0.227 e. The summed E-state index contributed by atoms with van der Waals surface area (Å²) in [6.45, 7) is 3.99. The van der Waals surface area contributed by atoms with Gasteiger partial charge in [-0.3, -0.25) is 9.59 Å². The van der Waals surface area contributed by atoms with Crippen LogP contribution in [0.4, 0.5) is 0 Å². The van der Waals surface area contributed by atoms with Gasteiger partial charge >= 0.3 is 0 Å². The molecule has 1 rings (SSSR count). The fraction of sp³-hybridized carbons (Fsp3) is 0.385. The molecule has 4 nitrogen and oxygen atoms in total. The van der Waals surface area contributed by atoms with E-state index in [-0.39, 0.29) is 17.4 Å². The van der Waals surface area contributed by atoms with Crippen LogP contribution in [0.15, 0.2) is 18.2 Å². The molecule has 5 heteroatoms. The van der Waals surface area contributed by atoms with E-state index < -0.39 is 0 Å². The normalized spacial score (nSPS) is 10.1. The van der Waals surface area contributed by atoms with Crippen LogP contribution in [0.2, 0.25) is 0 Å². The first kappa shape index (κ1) is 14.6. The molecule has 0 aliphatic heterocycles. The molecule has 0 aromatic heterocycles. The number of Topliss-reactive ketones (excluding diaryl/α,β-unsaturated/α-hetero) is 1. The molecule has 0 aliphatic rings. The van der Waals surface area contributed by atoms with Gasteiger partial charge < -0.3 is 10.5 Å². The molecule has 0 heterocycles. The van der Waals surface area contributed by atoms with Crippen molar-refractivity contribution >= 4 is 23.5 Å². The van der Waals surface area contributed by atoms with Crippen LogP contribution < -0.4 is 10.5 Å². The Bertz CT molecular complexity index is 446. The minimum atomic E-state index is -0.347. The van der Waals surface area contributed by atoms with Gasteiger partial charge in [-0.1, -0.05) is 0 Å². The molecule has 18 heavy (non-hydrogen) atoms. The quantitative estimate of drug-likeness (QED) is 0.767. The molecule has 0 spiro atoms. The van der Waals surface area contributed by atoms with E-state index >= 15 is 0 Å². The van der Waals surface area contributed by atoms with E-state index in [2.05, 4.69) is 0 Å². The Labute approximate surface area is 111 Å². The van der Waals surface area contributed by atoms with Gasteiger partial charge in [-0.05, 0) is 32.0 Å². The molecule has 0 saturated carbocycles. The zero-order valence-corrected chi connectivity index (χ0v) is 11.4. The number of carbonyl (C=O) groups excluding carboxylic acids is 2. The summed E-state index contributed by atoms with van der Waals surface area (Å²) in [6.07, 6.45) is 0. The van der Waals surface area contributed by atoms with Crippen LogP contribution in [0, 0.1) is 0 Å². The smallest absolute Gasteiger partial charge is 0.227 e. The van der Waals surface area contributed by atoms with Crippen LogP contribution in [0.1, 0.15) is 29.8 Å². The van der Waals surface area contributed by atoms with Crippen LogP contribution in [0.3, 0.4) is 0 Å². The monoisotopic (exact) mass is 267 g/mol. The highest BCUT2D eigenvalue weighted by Gasteiger charge is 2.08. The lowest BCUT2D eigenvalue weighted by molar-refractivity contribution is -0.115. The van der Waals surface area contributed by atoms with E-state index in [4.69, 9.17) is 10.5 Å². The van der Waals surface area contributed by atoms with Crippen LogP contribution in [-0.2, 0) is 10.5 Å². The zero-order valence-electron chi connectivity index (χ0n) is 10.6. The number of thioether (sulfide) groups is 1. The molecule has 0 bridgehead atoms. The summed E-state index contributed by atoms with van der Waals surface area (Å²) >= 11 is 1.41. The summed E-state index contributed by atoms with van der Waals surface area (Å²) in [7, 11) is 0. The van der Waals surface area contributed by atoms with Crippen molar-refractivity contribution in [3.8, 4) is 5.75 Å². The number of carbonyl (C=O) groups is 2. The number of rotatable bonds is 7. The maximum absolute atomic E-state index is 11.3. The second-order valence-corrected chi connectivity index (χ2v) is 4.76. The highest BCUT2D eigenvalue weighted by atomic mass is 32.2. The molecule has 0 aliphatic carbocycles. The summed E-state index contributed by atoms with van der Waals surface area (Å²) in [6, 6.07) is 5.34. The number of ketones is 1. The Balaban J connectivity index is 2.85. The molecule has 0 radical (unpaired) electrons. The van der Waals surface area contributed by atoms with Crippen molar-refractivity contribution in [1.29, 1.82) is 0 Å². The fourth-order valence-electron chi connectivity index (χ4n) is 1.47. The maximum atomic E-state index is 11.3. The first-order chi connectivity index (χ1) is 8.54. The van der Waals surface area contributed by atoms with Crippen molar-refractivity contribution in [2.24, 2.45) is 5.73 Å². The third kappa shape index (κ3) is 4.41. The minimum Gasteiger partial charge on any atom is -0.494 e. The molecule has 1 aromatic rings. The predicted molar refractivity (Wildman–Crippen MR) is 73.0 cm³/mol. The number of hydrogen-bond acceptors (Lipinski definition) is 4. The molecule has 0 saturated heterocycles. The van der Waals surface area contributed by atoms with E-state index in [0.29, 0.717) is 17.9 Å². The largest absolute Gasteiger partial charge is 0.494 e. The lowest BCUT2D eigenvalue weighted by Gasteiger charge is -2.11. The average Bonchev–Trinajstić information content (AvgIpc) is 2.30. The van der Waals surface area contributed by atoms with Gasteiger partial charge in [0.2, 0.25) is 5.91 Å². The Kier molecular flexibility index (Phi) is 5.71. The van der Waals surface area contributed by atoms with Crippen LogP contribution in [-0.4, -0.2) is 24.1 Å². The van der Waals surface area contributed by atoms with Gasteiger partial charge in [0.1, 0.15) is 5.75 Å². The van der Waals surface area contributed by atoms with E-state index in [1.165, 1.54) is 18.7 Å². The first-order valence-electron chi connectivity index (χ1n) is 5.67. The summed E-state index contributed by atoms with van der Waals surface area (Å²) in [5.74, 6) is 1.27. The molecular formula is C13H17NO3S. The Morgan fingerprint density at radius 1 is 1.39 bits per heavy atom. The second kappa shape index (κ2) is 7.06. The molecule has 0 unspecified atom stereocenters. The predicted octanol–water partition coefficient (Wildman–Crippen LogP) is 2.01. The van der Waals surface area contributed by atoms with E-state index in [1.54, 1.807) is 18.2 Å². The van der Waals surface area contributed by atoms with Gasteiger partial charge in [0.05, 0.1) is 12.4 Å². The van der Waals surface area contributed by atoms with Crippen molar-refractivity contribution in [2.45, 2.75) is 19.6 Å². The summed E-state index contributed by atoms with van der Waals surface area (Å²) < 4.78 is 5.49. The van der Waals surface area contributed by atoms with Gasteiger partial charge in [0, 0.05) is 16.9 Å². The number of nitrogens with two attached hydrogens (primary N) is 1. The molecule has 98 valence electrons. The zero-order chi connectivity index (χ0) is 13.5. The topological polar surface area (TPSA) is 69.4 Å². The minimum absolute atomic E-state index is 0.0131. The molecule has 0 fully saturated rings. The lowest BCUT2D eigenvalue weighted by Crippen LogP contribution is -2.13. The Hall–Kier alpha value is -1.49. The van der Waals surface area contributed by atoms with Gasteiger partial charge in [0.15, 0.2) is 5.78 Å².